The molecule has 2 rings (SSSR count). The molecule has 1 saturated heterocycles. The van der Waals surface area contributed by atoms with Gasteiger partial charge in [-0.05, 0) is 42.0 Å². The van der Waals surface area contributed by atoms with Gasteiger partial charge in [0.2, 0.25) is 5.91 Å². The van der Waals surface area contributed by atoms with Gasteiger partial charge >= 0.3 is 0 Å². The average molecular weight is 344 g/mol. The molecule has 19 heavy (non-hydrogen) atoms. The first-order valence-corrected chi connectivity index (χ1v) is 8.33. The topological polar surface area (TPSA) is 49.3 Å². The molecule has 0 radical (unpaired) electrons. The number of carbonyl (C=O) groups excluding carboxylic acids is 1. The molecular formula is C14H18BrNO2S. The van der Waals surface area contributed by atoms with E-state index >= 15 is 0 Å². The van der Waals surface area contributed by atoms with Gasteiger partial charge in [0.15, 0.2) is 0 Å². The highest BCUT2D eigenvalue weighted by Crippen LogP contribution is 2.26. The second-order valence-electron chi connectivity index (χ2n) is 4.92. The third-order valence-electron chi connectivity index (χ3n) is 3.29. The second-order valence-corrected chi connectivity index (χ2v) is 7.06. The van der Waals surface area contributed by atoms with Crippen LogP contribution in [0.4, 0.5) is 0 Å². The number of rotatable bonds is 4. The van der Waals surface area contributed by atoms with Gasteiger partial charge < -0.3 is 10.4 Å². The first-order chi connectivity index (χ1) is 9.07. The molecule has 0 spiro atoms. The Bertz CT molecular complexity index is 447. The molecular weight excluding hydrogens is 326 g/mol. The summed E-state index contributed by atoms with van der Waals surface area (Å²) in [6.07, 6.45) is 1.87. The summed E-state index contributed by atoms with van der Waals surface area (Å²) < 4.78 is 0.973. The third-order valence-corrected chi connectivity index (χ3v) is 4.77. The fourth-order valence-corrected chi connectivity index (χ4v) is 3.79. The van der Waals surface area contributed by atoms with Crippen LogP contribution in [0.1, 0.15) is 18.4 Å². The molecule has 0 atom stereocenters. The Morgan fingerprint density at radius 1 is 1.42 bits per heavy atom. The molecule has 104 valence electrons. The number of hydrogen-bond acceptors (Lipinski definition) is 3. The van der Waals surface area contributed by atoms with E-state index in [4.69, 9.17) is 0 Å². The highest BCUT2D eigenvalue weighted by atomic mass is 79.9. The summed E-state index contributed by atoms with van der Waals surface area (Å²) in [5, 5.41) is 13.1. The van der Waals surface area contributed by atoms with E-state index in [1.807, 2.05) is 36.0 Å². The van der Waals surface area contributed by atoms with Crippen LogP contribution in [0.2, 0.25) is 0 Å². The highest BCUT2D eigenvalue weighted by molar-refractivity contribution is 9.10. The molecule has 3 nitrogen and oxygen atoms in total. The number of hydrogen-bond donors (Lipinski definition) is 2. The number of halogens is 1. The summed E-state index contributed by atoms with van der Waals surface area (Å²) in [7, 11) is 0. The standard InChI is InChI=1S/C14H18BrNO2S/c15-12-3-1-2-11(8-12)9-13(17)16-10-14(18)4-6-19-7-5-14/h1-3,8,18H,4-7,9-10H2,(H,16,17). The number of carbonyl (C=O) groups is 1. The van der Waals surface area contributed by atoms with Crippen LogP contribution >= 0.6 is 27.7 Å². The molecule has 1 aromatic carbocycles. The van der Waals surface area contributed by atoms with Crippen LogP contribution in [-0.2, 0) is 11.2 Å². The first-order valence-electron chi connectivity index (χ1n) is 6.39. The van der Waals surface area contributed by atoms with Crippen molar-refractivity contribution in [2.45, 2.75) is 24.9 Å². The summed E-state index contributed by atoms with van der Waals surface area (Å²) in [5.74, 6) is 1.90. The molecule has 0 aromatic heterocycles. The minimum absolute atomic E-state index is 0.0373. The van der Waals surface area contributed by atoms with Crippen LogP contribution in [-0.4, -0.2) is 34.7 Å². The van der Waals surface area contributed by atoms with Gasteiger partial charge in [0.25, 0.3) is 0 Å². The van der Waals surface area contributed by atoms with Crippen molar-refractivity contribution >= 4 is 33.6 Å². The quantitative estimate of drug-likeness (QED) is 0.882. The molecule has 1 heterocycles. The summed E-state index contributed by atoms with van der Waals surface area (Å²) in [5.41, 5.74) is 0.260. The predicted molar refractivity (Wildman–Crippen MR) is 82.4 cm³/mol. The van der Waals surface area contributed by atoms with Crippen molar-refractivity contribution < 1.29 is 9.90 Å². The van der Waals surface area contributed by atoms with Crippen molar-refractivity contribution in [3.8, 4) is 0 Å². The van der Waals surface area contributed by atoms with Crippen molar-refractivity contribution in [1.82, 2.24) is 5.32 Å². The Hall–Kier alpha value is -0.520. The van der Waals surface area contributed by atoms with E-state index < -0.39 is 5.60 Å². The minimum Gasteiger partial charge on any atom is -0.388 e. The zero-order chi connectivity index (χ0) is 13.7. The number of thioether (sulfide) groups is 1. The molecule has 1 aliphatic rings. The number of benzene rings is 1. The summed E-state index contributed by atoms with van der Waals surface area (Å²) in [6.45, 7) is 0.362. The fourth-order valence-electron chi connectivity index (χ4n) is 2.09. The molecule has 0 bridgehead atoms. The normalized spacial score (nSPS) is 18.0. The molecule has 0 unspecified atom stereocenters. The first kappa shape index (κ1) is 14.9. The lowest BCUT2D eigenvalue weighted by Gasteiger charge is -2.31. The number of aliphatic hydroxyl groups is 1. The number of nitrogens with one attached hydrogen (secondary N) is 1. The van der Waals surface area contributed by atoms with Gasteiger partial charge in [-0.1, -0.05) is 28.1 Å². The minimum atomic E-state index is -0.710. The van der Waals surface area contributed by atoms with Gasteiger partial charge in [-0.2, -0.15) is 11.8 Å². The smallest absolute Gasteiger partial charge is 0.224 e. The Balaban J connectivity index is 1.81. The summed E-state index contributed by atoms with van der Waals surface area (Å²) in [4.78, 5) is 11.9. The molecule has 2 N–H and O–H groups in total. The van der Waals surface area contributed by atoms with Crippen molar-refractivity contribution in [2.75, 3.05) is 18.1 Å². The van der Waals surface area contributed by atoms with E-state index in [0.29, 0.717) is 13.0 Å². The van der Waals surface area contributed by atoms with E-state index in [0.717, 1.165) is 34.4 Å². The van der Waals surface area contributed by atoms with E-state index in [9.17, 15) is 9.90 Å². The Labute approximate surface area is 126 Å². The lowest BCUT2D eigenvalue weighted by Crippen LogP contribution is -2.45. The van der Waals surface area contributed by atoms with Crippen LogP contribution in [0.15, 0.2) is 28.7 Å². The van der Waals surface area contributed by atoms with Crippen LogP contribution in [0.5, 0.6) is 0 Å². The molecule has 5 heteroatoms. The molecule has 1 aromatic rings. The zero-order valence-corrected chi connectivity index (χ0v) is 13.1. The van der Waals surface area contributed by atoms with Crippen LogP contribution in [0, 0.1) is 0 Å². The van der Waals surface area contributed by atoms with Crippen molar-refractivity contribution in [3.63, 3.8) is 0 Å². The fraction of sp³-hybridized carbons (Fsp3) is 0.500. The monoisotopic (exact) mass is 343 g/mol. The molecule has 0 saturated carbocycles. The maximum Gasteiger partial charge on any atom is 0.224 e. The largest absolute Gasteiger partial charge is 0.388 e. The van der Waals surface area contributed by atoms with Gasteiger partial charge in [0.05, 0.1) is 12.0 Å². The molecule has 1 fully saturated rings. The second kappa shape index (κ2) is 6.77. The maximum atomic E-state index is 11.9. The Morgan fingerprint density at radius 2 is 2.16 bits per heavy atom. The molecule has 1 aliphatic heterocycles. The van der Waals surface area contributed by atoms with E-state index in [1.165, 1.54) is 0 Å². The SMILES string of the molecule is O=C(Cc1cccc(Br)c1)NCC1(O)CCSCC1. The third kappa shape index (κ3) is 4.82. The summed E-state index contributed by atoms with van der Waals surface area (Å²) >= 11 is 5.25. The number of amides is 1. The van der Waals surface area contributed by atoms with Gasteiger partial charge in [0.1, 0.15) is 0 Å². The van der Waals surface area contributed by atoms with Gasteiger partial charge in [-0.15, -0.1) is 0 Å². The van der Waals surface area contributed by atoms with E-state index in [1.54, 1.807) is 0 Å². The highest BCUT2D eigenvalue weighted by Gasteiger charge is 2.29. The van der Waals surface area contributed by atoms with E-state index in [-0.39, 0.29) is 5.91 Å². The van der Waals surface area contributed by atoms with Crippen LogP contribution < -0.4 is 5.32 Å². The van der Waals surface area contributed by atoms with Crippen molar-refractivity contribution in [1.29, 1.82) is 0 Å². The predicted octanol–water partition coefficient (Wildman–Crippen LogP) is 2.37. The molecule has 0 aliphatic carbocycles. The maximum absolute atomic E-state index is 11.9. The van der Waals surface area contributed by atoms with Crippen LogP contribution in [0.25, 0.3) is 0 Å². The van der Waals surface area contributed by atoms with Gasteiger partial charge in [-0.3, -0.25) is 4.79 Å². The van der Waals surface area contributed by atoms with Crippen molar-refractivity contribution in [3.05, 3.63) is 34.3 Å². The van der Waals surface area contributed by atoms with E-state index in [2.05, 4.69) is 21.2 Å². The Kier molecular flexibility index (Phi) is 5.30. The van der Waals surface area contributed by atoms with Gasteiger partial charge in [-0.25, -0.2) is 0 Å². The zero-order valence-electron chi connectivity index (χ0n) is 10.7. The lowest BCUT2D eigenvalue weighted by molar-refractivity contribution is -0.121. The Morgan fingerprint density at radius 3 is 2.84 bits per heavy atom. The average Bonchev–Trinajstić information content (AvgIpc) is 2.38. The van der Waals surface area contributed by atoms with Crippen LogP contribution in [0.3, 0.4) is 0 Å². The van der Waals surface area contributed by atoms with Crippen molar-refractivity contribution in [2.24, 2.45) is 0 Å². The lowest BCUT2D eigenvalue weighted by atomic mass is 9.97. The van der Waals surface area contributed by atoms with Gasteiger partial charge in [0, 0.05) is 11.0 Å². The summed E-state index contributed by atoms with van der Waals surface area (Å²) in [6, 6.07) is 7.71. The molecule has 1 amide bonds.